The predicted octanol–water partition coefficient (Wildman–Crippen LogP) is 4.28. The molecule has 5 heteroatoms. The number of thiophene rings is 1. The van der Waals surface area contributed by atoms with Crippen LogP contribution in [0.3, 0.4) is 0 Å². The van der Waals surface area contributed by atoms with E-state index in [4.69, 9.17) is 0 Å². The molecule has 0 aliphatic rings. The van der Waals surface area contributed by atoms with Crippen LogP contribution in [0.15, 0.2) is 41.7 Å². The van der Waals surface area contributed by atoms with Gasteiger partial charge in [0.15, 0.2) is 5.78 Å². The second-order valence-electron chi connectivity index (χ2n) is 4.83. The van der Waals surface area contributed by atoms with Gasteiger partial charge >= 0.3 is 0 Å². The highest BCUT2D eigenvalue weighted by Crippen LogP contribution is 2.30. The Balaban J connectivity index is 1.77. The number of benzene rings is 1. The maximum atomic E-state index is 12.2. The van der Waals surface area contributed by atoms with E-state index in [0.717, 1.165) is 26.4 Å². The topological polar surface area (TPSA) is 42.9 Å². The number of aromatic nitrogens is 2. The molecule has 3 rings (SSSR count). The second kappa shape index (κ2) is 5.95. The van der Waals surface area contributed by atoms with Crippen LogP contribution < -0.4 is 0 Å². The van der Waals surface area contributed by atoms with E-state index in [-0.39, 0.29) is 5.78 Å². The number of carbonyl (C=O) groups excluding carboxylic acids is 1. The molecule has 0 N–H and O–H groups in total. The van der Waals surface area contributed by atoms with Crippen molar-refractivity contribution < 1.29 is 4.79 Å². The van der Waals surface area contributed by atoms with Gasteiger partial charge in [0.25, 0.3) is 0 Å². The summed E-state index contributed by atoms with van der Waals surface area (Å²) in [7, 11) is 0. The lowest BCUT2D eigenvalue weighted by Crippen LogP contribution is -2.02. The van der Waals surface area contributed by atoms with Gasteiger partial charge in [-0.1, -0.05) is 41.6 Å². The van der Waals surface area contributed by atoms with Crippen molar-refractivity contribution in [2.75, 3.05) is 5.75 Å². The highest BCUT2D eigenvalue weighted by molar-refractivity contribution is 8.00. The monoisotopic (exact) mass is 314 g/mol. The molecule has 0 unspecified atom stereocenters. The number of aryl methyl sites for hydroxylation is 2. The fourth-order valence-electron chi connectivity index (χ4n) is 2.03. The summed E-state index contributed by atoms with van der Waals surface area (Å²) < 4.78 is 0. The second-order valence-corrected chi connectivity index (χ2v) is 7.03. The lowest BCUT2D eigenvalue weighted by atomic mass is 10.1. The van der Waals surface area contributed by atoms with Gasteiger partial charge in [0.2, 0.25) is 0 Å². The smallest absolute Gasteiger partial charge is 0.173 e. The maximum Gasteiger partial charge on any atom is 0.173 e. The van der Waals surface area contributed by atoms with Gasteiger partial charge in [-0.05, 0) is 19.9 Å². The Morgan fingerprint density at radius 1 is 1.19 bits per heavy atom. The summed E-state index contributed by atoms with van der Waals surface area (Å²) in [6.45, 7) is 4.07. The molecule has 1 aromatic carbocycles. The normalized spacial score (nSPS) is 11.0. The number of fused-ring (bicyclic) bond motifs is 1. The first-order chi connectivity index (χ1) is 10.1. The summed E-state index contributed by atoms with van der Waals surface area (Å²) in [6.07, 6.45) is 1.57. The Hall–Kier alpha value is -1.72. The van der Waals surface area contributed by atoms with E-state index in [2.05, 4.69) is 23.0 Å². The molecule has 0 fully saturated rings. The first-order valence-corrected chi connectivity index (χ1v) is 8.37. The molecular formula is C16H14N2OS2. The summed E-state index contributed by atoms with van der Waals surface area (Å²) in [4.78, 5) is 23.0. The molecule has 3 aromatic rings. The summed E-state index contributed by atoms with van der Waals surface area (Å²) in [5, 5.41) is 1.92. The molecule has 0 saturated heterocycles. The number of ketones is 1. The number of Topliss-reactive ketones (excluding diaryl/α,β-unsaturated/α-hetero) is 1. The van der Waals surface area contributed by atoms with Crippen molar-refractivity contribution in [3.8, 4) is 0 Å². The molecule has 0 radical (unpaired) electrons. The van der Waals surface area contributed by atoms with E-state index >= 15 is 0 Å². The van der Waals surface area contributed by atoms with Crippen LogP contribution >= 0.6 is 23.1 Å². The number of carbonyl (C=O) groups is 1. The average Bonchev–Trinajstić information content (AvgIpc) is 2.86. The molecule has 0 aliphatic heterocycles. The lowest BCUT2D eigenvalue weighted by molar-refractivity contribution is 0.102. The van der Waals surface area contributed by atoms with Gasteiger partial charge in [-0.2, -0.15) is 0 Å². The molecule has 0 atom stereocenters. The van der Waals surface area contributed by atoms with Crippen LogP contribution in [-0.2, 0) is 0 Å². The zero-order valence-corrected chi connectivity index (χ0v) is 13.4. The standard InChI is InChI=1S/C16H14N2OS2/c1-10-3-5-12(6-4-10)14(19)8-20-15-13-7-11(2)21-16(13)18-9-17-15/h3-7,9H,8H2,1-2H3. The summed E-state index contributed by atoms with van der Waals surface area (Å²) in [5.41, 5.74) is 1.91. The molecule has 2 heterocycles. The first kappa shape index (κ1) is 14.2. The third-order valence-corrected chi connectivity index (χ3v) is 5.09. The quantitative estimate of drug-likeness (QED) is 0.409. The van der Waals surface area contributed by atoms with Gasteiger partial charge in [-0.3, -0.25) is 4.79 Å². The predicted molar refractivity (Wildman–Crippen MR) is 88.4 cm³/mol. The zero-order valence-electron chi connectivity index (χ0n) is 11.8. The van der Waals surface area contributed by atoms with E-state index < -0.39 is 0 Å². The van der Waals surface area contributed by atoms with Crippen molar-refractivity contribution in [3.63, 3.8) is 0 Å². The summed E-state index contributed by atoms with van der Waals surface area (Å²) in [5.74, 6) is 0.517. The van der Waals surface area contributed by atoms with Crippen LogP contribution in [0.4, 0.5) is 0 Å². The average molecular weight is 314 g/mol. The maximum absolute atomic E-state index is 12.2. The fraction of sp³-hybridized carbons (Fsp3) is 0.188. The molecular weight excluding hydrogens is 300 g/mol. The van der Waals surface area contributed by atoms with Gasteiger partial charge in [0.1, 0.15) is 16.2 Å². The minimum Gasteiger partial charge on any atom is -0.293 e. The minimum atomic E-state index is 0.124. The Kier molecular flexibility index (Phi) is 4.03. The molecule has 0 saturated carbocycles. The van der Waals surface area contributed by atoms with Crippen LogP contribution in [0.25, 0.3) is 10.2 Å². The van der Waals surface area contributed by atoms with Crippen molar-refractivity contribution in [1.82, 2.24) is 9.97 Å². The van der Waals surface area contributed by atoms with Gasteiger partial charge < -0.3 is 0 Å². The largest absolute Gasteiger partial charge is 0.293 e. The van der Waals surface area contributed by atoms with E-state index in [1.165, 1.54) is 16.6 Å². The van der Waals surface area contributed by atoms with Gasteiger partial charge in [-0.25, -0.2) is 9.97 Å². The Morgan fingerprint density at radius 2 is 1.95 bits per heavy atom. The first-order valence-electron chi connectivity index (χ1n) is 6.57. The molecule has 21 heavy (non-hydrogen) atoms. The van der Waals surface area contributed by atoms with Gasteiger partial charge in [-0.15, -0.1) is 11.3 Å². The number of hydrogen-bond acceptors (Lipinski definition) is 5. The van der Waals surface area contributed by atoms with Crippen LogP contribution in [0.2, 0.25) is 0 Å². The number of nitrogens with zero attached hydrogens (tertiary/aromatic N) is 2. The van der Waals surface area contributed by atoms with Crippen molar-refractivity contribution >= 4 is 39.1 Å². The van der Waals surface area contributed by atoms with Crippen molar-refractivity contribution in [2.45, 2.75) is 18.9 Å². The number of rotatable bonds is 4. The molecule has 2 aromatic heterocycles. The SMILES string of the molecule is Cc1ccc(C(=O)CSc2ncnc3sc(C)cc23)cc1. The lowest BCUT2D eigenvalue weighted by Gasteiger charge is -2.02. The van der Waals surface area contributed by atoms with E-state index in [9.17, 15) is 4.79 Å². The molecule has 0 spiro atoms. The van der Waals surface area contributed by atoms with Crippen molar-refractivity contribution in [3.05, 3.63) is 52.7 Å². The molecule has 106 valence electrons. The molecule has 0 bridgehead atoms. The van der Waals surface area contributed by atoms with E-state index in [1.807, 2.05) is 31.2 Å². The van der Waals surface area contributed by atoms with E-state index in [1.54, 1.807) is 17.7 Å². The molecule has 0 aliphatic carbocycles. The van der Waals surface area contributed by atoms with Gasteiger partial charge in [0.05, 0.1) is 5.75 Å². The Morgan fingerprint density at radius 3 is 2.71 bits per heavy atom. The van der Waals surface area contributed by atoms with Crippen molar-refractivity contribution in [1.29, 1.82) is 0 Å². The third kappa shape index (κ3) is 3.14. The van der Waals surface area contributed by atoms with Crippen LogP contribution in [0.1, 0.15) is 20.8 Å². The van der Waals surface area contributed by atoms with E-state index in [0.29, 0.717) is 5.75 Å². The Bertz CT molecular complexity index is 794. The molecule has 0 amide bonds. The van der Waals surface area contributed by atoms with Crippen LogP contribution in [0.5, 0.6) is 0 Å². The Labute approximate surface area is 131 Å². The summed E-state index contributed by atoms with van der Waals surface area (Å²) in [6, 6.07) is 9.76. The number of hydrogen-bond donors (Lipinski definition) is 0. The third-order valence-electron chi connectivity index (χ3n) is 3.13. The number of thioether (sulfide) groups is 1. The van der Waals surface area contributed by atoms with Gasteiger partial charge in [0, 0.05) is 15.8 Å². The summed E-state index contributed by atoms with van der Waals surface area (Å²) >= 11 is 3.13. The zero-order chi connectivity index (χ0) is 14.8. The van der Waals surface area contributed by atoms with Crippen molar-refractivity contribution in [2.24, 2.45) is 0 Å². The highest BCUT2D eigenvalue weighted by atomic mass is 32.2. The van der Waals surface area contributed by atoms with Crippen LogP contribution in [-0.4, -0.2) is 21.5 Å². The highest BCUT2D eigenvalue weighted by Gasteiger charge is 2.11. The minimum absolute atomic E-state index is 0.124. The van der Waals surface area contributed by atoms with Crippen LogP contribution in [0, 0.1) is 13.8 Å². The molecule has 3 nitrogen and oxygen atoms in total. The fourth-order valence-corrected chi connectivity index (χ4v) is 3.81.